The predicted molar refractivity (Wildman–Crippen MR) is 113 cm³/mol. The number of piperidine rings is 1. The number of nitro benzene ring substituents is 1. The highest BCUT2D eigenvalue weighted by Crippen LogP contribution is 2.16. The molecule has 30 heavy (non-hydrogen) atoms. The second-order valence-corrected chi connectivity index (χ2v) is 7.37. The van der Waals surface area contributed by atoms with Crippen molar-refractivity contribution in [2.75, 3.05) is 19.6 Å². The Morgan fingerprint density at radius 3 is 2.43 bits per heavy atom. The molecule has 0 spiro atoms. The van der Waals surface area contributed by atoms with Crippen molar-refractivity contribution < 1.29 is 14.5 Å². The lowest BCUT2D eigenvalue weighted by Gasteiger charge is -2.27. The van der Waals surface area contributed by atoms with Gasteiger partial charge in [-0.05, 0) is 43.1 Å². The maximum absolute atomic E-state index is 12.2. The lowest BCUT2D eigenvalue weighted by molar-refractivity contribution is -0.384. The number of carbonyl (C=O) groups is 2. The van der Waals surface area contributed by atoms with Gasteiger partial charge >= 0.3 is 0 Å². The van der Waals surface area contributed by atoms with Gasteiger partial charge in [0.2, 0.25) is 5.91 Å². The van der Waals surface area contributed by atoms with E-state index in [0.29, 0.717) is 6.54 Å². The van der Waals surface area contributed by atoms with E-state index in [2.05, 4.69) is 21.6 Å². The SMILES string of the molecule is O=C(CNC(=O)c1cccc([N+](=O)[O-])c1)NCc1ccccc1CN1CCCCC1. The van der Waals surface area contributed by atoms with Crippen molar-refractivity contribution in [2.24, 2.45) is 0 Å². The van der Waals surface area contributed by atoms with Crippen molar-refractivity contribution in [3.05, 3.63) is 75.3 Å². The molecule has 8 heteroatoms. The molecule has 0 bridgehead atoms. The second kappa shape index (κ2) is 10.5. The van der Waals surface area contributed by atoms with E-state index in [9.17, 15) is 19.7 Å². The summed E-state index contributed by atoms with van der Waals surface area (Å²) in [5.41, 5.74) is 2.23. The van der Waals surface area contributed by atoms with Crippen molar-refractivity contribution in [1.29, 1.82) is 0 Å². The first kappa shape index (κ1) is 21.4. The lowest BCUT2D eigenvalue weighted by atomic mass is 10.0. The Labute approximate surface area is 175 Å². The van der Waals surface area contributed by atoms with Crippen LogP contribution in [-0.4, -0.2) is 41.3 Å². The Morgan fingerprint density at radius 2 is 1.70 bits per heavy atom. The summed E-state index contributed by atoms with van der Waals surface area (Å²) >= 11 is 0. The van der Waals surface area contributed by atoms with Gasteiger partial charge in [-0.3, -0.25) is 24.6 Å². The van der Waals surface area contributed by atoms with Gasteiger partial charge in [-0.1, -0.05) is 36.8 Å². The predicted octanol–water partition coefficient (Wildman–Crippen LogP) is 2.63. The number of rotatable bonds is 8. The molecule has 2 aromatic carbocycles. The van der Waals surface area contributed by atoms with E-state index >= 15 is 0 Å². The molecule has 8 nitrogen and oxygen atoms in total. The van der Waals surface area contributed by atoms with Gasteiger partial charge in [0.15, 0.2) is 0 Å². The minimum atomic E-state index is -0.565. The van der Waals surface area contributed by atoms with Crippen LogP contribution in [0.25, 0.3) is 0 Å². The van der Waals surface area contributed by atoms with Gasteiger partial charge in [-0.15, -0.1) is 0 Å². The van der Waals surface area contributed by atoms with E-state index in [1.807, 2.05) is 18.2 Å². The van der Waals surface area contributed by atoms with Crippen LogP contribution < -0.4 is 10.6 Å². The molecule has 2 amide bonds. The molecule has 0 aliphatic carbocycles. The average Bonchev–Trinajstić information content (AvgIpc) is 2.77. The Bertz CT molecular complexity index is 910. The van der Waals surface area contributed by atoms with Crippen molar-refractivity contribution in [3.8, 4) is 0 Å². The Balaban J connectivity index is 1.49. The van der Waals surface area contributed by atoms with Crippen LogP contribution in [0.4, 0.5) is 5.69 Å². The Kier molecular flexibility index (Phi) is 7.51. The molecule has 1 aliphatic rings. The summed E-state index contributed by atoms with van der Waals surface area (Å²) in [7, 11) is 0. The number of nitro groups is 1. The van der Waals surface area contributed by atoms with E-state index in [1.165, 1.54) is 49.1 Å². The van der Waals surface area contributed by atoms with E-state index in [4.69, 9.17) is 0 Å². The van der Waals surface area contributed by atoms with E-state index in [1.54, 1.807) is 0 Å². The highest BCUT2D eigenvalue weighted by Gasteiger charge is 2.14. The second-order valence-electron chi connectivity index (χ2n) is 7.37. The standard InChI is InChI=1S/C22H26N4O4/c27-21(15-24-22(28)17-9-6-10-20(13-17)26(29)30)23-14-18-7-2-3-8-19(18)16-25-11-4-1-5-12-25/h2-3,6-10,13H,1,4-5,11-12,14-16H2,(H,23,27)(H,24,28). The van der Waals surface area contributed by atoms with Crippen molar-refractivity contribution in [3.63, 3.8) is 0 Å². The molecule has 1 heterocycles. The first-order valence-electron chi connectivity index (χ1n) is 10.1. The van der Waals surface area contributed by atoms with Gasteiger partial charge in [0, 0.05) is 30.8 Å². The minimum absolute atomic E-state index is 0.142. The first-order chi connectivity index (χ1) is 14.5. The van der Waals surface area contributed by atoms with Gasteiger partial charge in [-0.25, -0.2) is 0 Å². The van der Waals surface area contributed by atoms with E-state index in [-0.39, 0.29) is 23.7 Å². The van der Waals surface area contributed by atoms with Crippen molar-refractivity contribution in [2.45, 2.75) is 32.4 Å². The molecule has 0 radical (unpaired) electrons. The molecular weight excluding hydrogens is 384 g/mol. The maximum Gasteiger partial charge on any atom is 0.270 e. The molecule has 0 saturated carbocycles. The quantitative estimate of drug-likeness (QED) is 0.514. The number of hydrogen-bond donors (Lipinski definition) is 2. The summed E-state index contributed by atoms with van der Waals surface area (Å²) < 4.78 is 0. The summed E-state index contributed by atoms with van der Waals surface area (Å²) in [6.45, 7) is 3.26. The molecule has 1 aliphatic heterocycles. The van der Waals surface area contributed by atoms with Gasteiger partial charge < -0.3 is 10.6 Å². The summed E-state index contributed by atoms with van der Waals surface area (Å²) in [5.74, 6) is -0.846. The zero-order valence-corrected chi connectivity index (χ0v) is 16.8. The molecule has 0 atom stereocenters. The highest BCUT2D eigenvalue weighted by molar-refractivity contribution is 5.96. The van der Waals surface area contributed by atoms with Crippen molar-refractivity contribution >= 4 is 17.5 Å². The molecule has 158 valence electrons. The van der Waals surface area contributed by atoms with Crippen LogP contribution in [0.15, 0.2) is 48.5 Å². The Hall–Kier alpha value is -3.26. The van der Waals surface area contributed by atoms with Gasteiger partial charge in [0.25, 0.3) is 11.6 Å². The monoisotopic (exact) mass is 410 g/mol. The molecule has 3 rings (SSSR count). The van der Waals surface area contributed by atoms with E-state index in [0.717, 1.165) is 25.2 Å². The number of likely N-dealkylation sites (tertiary alicyclic amines) is 1. The lowest BCUT2D eigenvalue weighted by Crippen LogP contribution is -2.37. The molecule has 1 fully saturated rings. The zero-order valence-electron chi connectivity index (χ0n) is 16.8. The molecular formula is C22H26N4O4. The van der Waals surface area contributed by atoms with Gasteiger partial charge in [0.1, 0.15) is 0 Å². The Morgan fingerprint density at radius 1 is 0.967 bits per heavy atom. The number of nitrogens with one attached hydrogen (secondary N) is 2. The summed E-state index contributed by atoms with van der Waals surface area (Å²) in [5, 5.41) is 16.2. The fourth-order valence-electron chi connectivity index (χ4n) is 3.52. The molecule has 1 saturated heterocycles. The topological polar surface area (TPSA) is 105 Å². The maximum atomic E-state index is 12.2. The van der Waals surface area contributed by atoms with Crippen LogP contribution in [0.3, 0.4) is 0 Å². The van der Waals surface area contributed by atoms with Crippen molar-refractivity contribution in [1.82, 2.24) is 15.5 Å². The third-order valence-corrected chi connectivity index (χ3v) is 5.17. The third-order valence-electron chi connectivity index (χ3n) is 5.17. The van der Waals surface area contributed by atoms with Gasteiger partial charge in [-0.2, -0.15) is 0 Å². The van der Waals surface area contributed by atoms with Crippen LogP contribution in [0.1, 0.15) is 40.7 Å². The molecule has 0 unspecified atom stereocenters. The smallest absolute Gasteiger partial charge is 0.270 e. The van der Waals surface area contributed by atoms with Crippen LogP contribution in [0.2, 0.25) is 0 Å². The molecule has 2 N–H and O–H groups in total. The number of hydrogen-bond acceptors (Lipinski definition) is 5. The van der Waals surface area contributed by atoms with Crippen LogP contribution in [-0.2, 0) is 17.9 Å². The van der Waals surface area contributed by atoms with Crippen LogP contribution in [0.5, 0.6) is 0 Å². The van der Waals surface area contributed by atoms with Crippen LogP contribution in [0, 0.1) is 10.1 Å². The highest BCUT2D eigenvalue weighted by atomic mass is 16.6. The number of carbonyl (C=O) groups excluding carboxylic acids is 2. The largest absolute Gasteiger partial charge is 0.350 e. The fraction of sp³-hybridized carbons (Fsp3) is 0.364. The minimum Gasteiger partial charge on any atom is -0.350 e. The number of amides is 2. The fourth-order valence-corrected chi connectivity index (χ4v) is 3.52. The number of nitrogens with zero attached hydrogens (tertiary/aromatic N) is 2. The summed E-state index contributed by atoms with van der Waals surface area (Å²) in [6, 6.07) is 13.4. The first-order valence-corrected chi connectivity index (χ1v) is 10.1. The van der Waals surface area contributed by atoms with Gasteiger partial charge in [0.05, 0.1) is 11.5 Å². The molecule has 0 aromatic heterocycles. The average molecular weight is 410 g/mol. The van der Waals surface area contributed by atoms with Crippen LogP contribution >= 0.6 is 0 Å². The number of non-ortho nitro benzene ring substituents is 1. The third kappa shape index (κ3) is 6.12. The van der Waals surface area contributed by atoms with E-state index < -0.39 is 10.8 Å². The molecule has 2 aromatic rings. The summed E-state index contributed by atoms with van der Waals surface area (Å²) in [4.78, 5) is 37.0. The zero-order chi connectivity index (χ0) is 21.3. The number of benzene rings is 2. The normalized spacial score (nSPS) is 14.1. The summed E-state index contributed by atoms with van der Waals surface area (Å²) in [6.07, 6.45) is 3.74.